The molecule has 29 heavy (non-hydrogen) atoms. The molecule has 9 heteroatoms. The van der Waals surface area contributed by atoms with Crippen LogP contribution in [-0.4, -0.2) is 28.9 Å². The van der Waals surface area contributed by atoms with E-state index in [0.717, 1.165) is 17.1 Å². The van der Waals surface area contributed by atoms with Gasteiger partial charge in [0.2, 0.25) is 0 Å². The maximum atomic E-state index is 13.1. The molecule has 4 rings (SSSR count). The highest BCUT2D eigenvalue weighted by molar-refractivity contribution is 7.09. The number of nitrogens with zero attached hydrogens (tertiary/aromatic N) is 2. The van der Waals surface area contributed by atoms with E-state index in [2.05, 4.69) is 10.3 Å². The van der Waals surface area contributed by atoms with Gasteiger partial charge in [-0.15, -0.1) is 11.3 Å². The lowest BCUT2D eigenvalue weighted by Gasteiger charge is -2.26. The summed E-state index contributed by atoms with van der Waals surface area (Å²) in [7, 11) is 0. The molecular formula is C20H16F3N3O2S. The minimum atomic E-state index is -4.55. The number of carbonyl (C=O) groups excluding carboxylic acids is 1. The number of rotatable bonds is 2. The van der Waals surface area contributed by atoms with Gasteiger partial charge in [-0.25, -0.2) is 4.98 Å². The van der Waals surface area contributed by atoms with Crippen LogP contribution in [0.1, 0.15) is 20.8 Å². The van der Waals surface area contributed by atoms with Gasteiger partial charge in [0, 0.05) is 24.2 Å². The zero-order valence-electron chi connectivity index (χ0n) is 15.1. The number of para-hydroxylation sites is 1. The van der Waals surface area contributed by atoms with Crippen LogP contribution in [0.25, 0.3) is 0 Å². The summed E-state index contributed by atoms with van der Waals surface area (Å²) in [4.78, 5) is 19.7. The van der Waals surface area contributed by atoms with Crippen molar-refractivity contribution in [2.24, 2.45) is 0 Å². The number of nitrogens with one attached hydrogen (secondary N) is 1. The van der Waals surface area contributed by atoms with E-state index in [1.165, 1.54) is 0 Å². The summed E-state index contributed by atoms with van der Waals surface area (Å²) in [5.41, 5.74) is -0.632. The maximum absolute atomic E-state index is 13.1. The molecular weight excluding hydrogens is 403 g/mol. The van der Waals surface area contributed by atoms with Crippen molar-refractivity contribution in [3.63, 3.8) is 0 Å². The van der Waals surface area contributed by atoms with Crippen LogP contribution in [-0.2, 0) is 12.7 Å². The number of aromatic nitrogens is 1. The number of amides is 1. The number of fused-ring (bicyclic) bond motifs is 2. The largest absolute Gasteiger partial charge is 0.453 e. The molecule has 0 saturated heterocycles. The number of pyridine rings is 1. The number of benzene rings is 1. The minimum absolute atomic E-state index is 0.0771. The van der Waals surface area contributed by atoms with Gasteiger partial charge in [-0.1, -0.05) is 18.2 Å². The third-order valence-corrected chi connectivity index (χ3v) is 5.27. The first-order valence-corrected chi connectivity index (χ1v) is 9.69. The molecule has 0 unspecified atom stereocenters. The van der Waals surface area contributed by atoms with E-state index in [1.54, 1.807) is 40.5 Å². The maximum Gasteiger partial charge on any atom is 0.418 e. The lowest BCUT2D eigenvalue weighted by Crippen LogP contribution is -2.35. The average Bonchev–Trinajstić information content (AvgIpc) is 3.20. The molecule has 1 aliphatic heterocycles. The Hall–Kier alpha value is -3.07. The molecule has 0 bridgehead atoms. The van der Waals surface area contributed by atoms with Crippen LogP contribution >= 0.6 is 11.3 Å². The first kappa shape index (κ1) is 19.3. The molecule has 2 aromatic heterocycles. The predicted octanol–water partition coefficient (Wildman–Crippen LogP) is 5.02. The Kier molecular flexibility index (Phi) is 5.14. The number of hydrogen-bond donors (Lipinski definition) is 1. The fourth-order valence-corrected chi connectivity index (χ4v) is 3.70. The Morgan fingerprint density at radius 2 is 2.00 bits per heavy atom. The first-order valence-electron chi connectivity index (χ1n) is 8.81. The van der Waals surface area contributed by atoms with Gasteiger partial charge >= 0.3 is 6.18 Å². The highest BCUT2D eigenvalue weighted by Crippen LogP contribution is 2.37. The first-order chi connectivity index (χ1) is 13.9. The van der Waals surface area contributed by atoms with E-state index >= 15 is 0 Å². The van der Waals surface area contributed by atoms with Crippen molar-refractivity contribution in [2.75, 3.05) is 18.4 Å². The van der Waals surface area contributed by atoms with Crippen molar-refractivity contribution in [2.45, 2.75) is 12.7 Å². The molecule has 3 heterocycles. The van der Waals surface area contributed by atoms with Gasteiger partial charge < -0.3 is 15.0 Å². The Bertz CT molecular complexity index is 1020. The number of thiophene rings is 1. The minimum Gasteiger partial charge on any atom is -0.453 e. The molecule has 0 aliphatic carbocycles. The molecule has 0 spiro atoms. The highest BCUT2D eigenvalue weighted by Gasteiger charge is 2.32. The molecule has 0 fully saturated rings. The molecule has 1 aromatic carbocycles. The highest BCUT2D eigenvalue weighted by atomic mass is 32.1. The van der Waals surface area contributed by atoms with Gasteiger partial charge in [0.25, 0.3) is 5.91 Å². The molecule has 1 N–H and O–H groups in total. The smallest absolute Gasteiger partial charge is 0.418 e. The Labute approximate surface area is 168 Å². The molecule has 5 nitrogen and oxygen atoms in total. The molecule has 0 saturated carbocycles. The normalized spacial score (nSPS) is 14.4. The number of hydrogen-bond acceptors (Lipinski definition) is 5. The summed E-state index contributed by atoms with van der Waals surface area (Å²) in [5, 5.41) is 4.92. The van der Waals surface area contributed by atoms with Crippen LogP contribution < -0.4 is 10.1 Å². The lowest BCUT2D eigenvalue weighted by molar-refractivity contribution is -0.137. The van der Waals surface area contributed by atoms with Gasteiger partial charge in [-0.05, 0) is 29.6 Å². The van der Waals surface area contributed by atoms with Crippen molar-refractivity contribution in [1.82, 2.24) is 9.88 Å². The Morgan fingerprint density at radius 3 is 2.76 bits per heavy atom. The van der Waals surface area contributed by atoms with Crippen molar-refractivity contribution in [3.8, 4) is 11.5 Å². The van der Waals surface area contributed by atoms with E-state index in [4.69, 9.17) is 4.74 Å². The van der Waals surface area contributed by atoms with Crippen LogP contribution in [0.4, 0.5) is 19.0 Å². The topological polar surface area (TPSA) is 54.5 Å². The van der Waals surface area contributed by atoms with Gasteiger partial charge in [0.1, 0.15) is 5.75 Å². The Balaban J connectivity index is 1.73. The fourth-order valence-electron chi connectivity index (χ4n) is 2.98. The SMILES string of the molecule is O=C1c2ccccc2Oc2cc(C(F)(F)F)cnc2NCCN1Cc1cccs1. The zero-order valence-corrected chi connectivity index (χ0v) is 15.9. The van der Waals surface area contributed by atoms with Gasteiger partial charge in [0.05, 0.1) is 17.7 Å². The third-order valence-electron chi connectivity index (χ3n) is 4.41. The van der Waals surface area contributed by atoms with Crippen LogP contribution in [0.5, 0.6) is 11.5 Å². The van der Waals surface area contributed by atoms with E-state index in [0.29, 0.717) is 19.6 Å². The van der Waals surface area contributed by atoms with Crippen molar-refractivity contribution >= 4 is 23.1 Å². The molecule has 0 radical (unpaired) electrons. The standard InChI is InChI=1S/C20H16F3N3O2S/c21-20(22,23)13-10-17-18(25-11-13)24-7-8-26(12-14-4-3-9-29-14)19(27)15-5-1-2-6-16(15)28-17/h1-6,9-11H,7-8,12H2,(H,24,25). The van der Waals surface area contributed by atoms with Crippen molar-refractivity contribution in [3.05, 3.63) is 70.0 Å². The molecule has 3 aromatic rings. The van der Waals surface area contributed by atoms with Gasteiger partial charge in [-0.2, -0.15) is 13.2 Å². The van der Waals surface area contributed by atoms with Gasteiger partial charge in [-0.3, -0.25) is 4.79 Å². The molecule has 1 amide bonds. The predicted molar refractivity (Wildman–Crippen MR) is 103 cm³/mol. The zero-order chi connectivity index (χ0) is 20.4. The molecule has 1 aliphatic rings. The fraction of sp³-hybridized carbons (Fsp3) is 0.200. The molecule has 0 atom stereocenters. The number of alkyl halides is 3. The van der Waals surface area contributed by atoms with Crippen molar-refractivity contribution < 1.29 is 22.7 Å². The second kappa shape index (κ2) is 7.75. The quantitative estimate of drug-likeness (QED) is 0.634. The van der Waals surface area contributed by atoms with Crippen molar-refractivity contribution in [1.29, 1.82) is 0 Å². The van der Waals surface area contributed by atoms with E-state index in [-0.39, 0.29) is 28.8 Å². The summed E-state index contributed by atoms with van der Waals surface area (Å²) < 4.78 is 45.0. The summed E-state index contributed by atoms with van der Waals surface area (Å²) in [6, 6.07) is 11.3. The second-order valence-electron chi connectivity index (χ2n) is 6.40. The Morgan fingerprint density at radius 1 is 1.17 bits per heavy atom. The second-order valence-corrected chi connectivity index (χ2v) is 7.43. The van der Waals surface area contributed by atoms with E-state index < -0.39 is 11.7 Å². The molecule has 150 valence electrons. The van der Waals surface area contributed by atoms with Crippen LogP contribution in [0.15, 0.2) is 54.0 Å². The monoisotopic (exact) mass is 419 g/mol. The summed E-state index contributed by atoms with van der Waals surface area (Å²) in [5.74, 6) is 0.0453. The number of carbonyl (C=O) groups is 1. The van der Waals surface area contributed by atoms with Crippen LogP contribution in [0.3, 0.4) is 0 Å². The number of ether oxygens (including phenoxy) is 1. The lowest BCUT2D eigenvalue weighted by atomic mass is 10.1. The summed E-state index contributed by atoms with van der Waals surface area (Å²) in [6.45, 7) is 1.10. The summed E-state index contributed by atoms with van der Waals surface area (Å²) >= 11 is 1.55. The number of anilines is 1. The average molecular weight is 419 g/mol. The van der Waals surface area contributed by atoms with E-state index in [1.807, 2.05) is 17.5 Å². The summed E-state index contributed by atoms with van der Waals surface area (Å²) in [6.07, 6.45) is -3.78. The van der Waals surface area contributed by atoms with Gasteiger partial charge in [0.15, 0.2) is 11.6 Å². The number of halogens is 3. The van der Waals surface area contributed by atoms with Crippen LogP contribution in [0, 0.1) is 0 Å². The third kappa shape index (κ3) is 4.19. The van der Waals surface area contributed by atoms with Crippen LogP contribution in [0.2, 0.25) is 0 Å². The van der Waals surface area contributed by atoms with E-state index in [9.17, 15) is 18.0 Å².